The number of hydrogen-bond acceptors (Lipinski definition) is 3. The summed E-state index contributed by atoms with van der Waals surface area (Å²) in [6.07, 6.45) is 0.974. The van der Waals surface area contributed by atoms with Gasteiger partial charge in [0.2, 0.25) is 0 Å². The molecule has 1 aromatic heterocycles. The molecule has 2 N–H and O–H groups in total. The van der Waals surface area contributed by atoms with Crippen molar-refractivity contribution in [2.45, 2.75) is 30.4 Å². The highest BCUT2D eigenvalue weighted by atomic mass is 35.5. The van der Waals surface area contributed by atoms with Gasteiger partial charge in [0.25, 0.3) is 0 Å². The molecule has 1 aromatic carbocycles. The molecule has 0 aliphatic carbocycles. The van der Waals surface area contributed by atoms with Gasteiger partial charge in [-0.1, -0.05) is 48.9 Å². The van der Waals surface area contributed by atoms with Crippen molar-refractivity contribution in [2.75, 3.05) is 0 Å². The van der Waals surface area contributed by atoms with Gasteiger partial charge in [0.05, 0.1) is 9.59 Å². The van der Waals surface area contributed by atoms with Crippen molar-refractivity contribution in [1.29, 1.82) is 0 Å². The van der Waals surface area contributed by atoms with E-state index in [9.17, 15) is 0 Å². The lowest BCUT2D eigenvalue weighted by Gasteiger charge is -2.21. The van der Waals surface area contributed by atoms with Gasteiger partial charge in [-0.25, -0.2) is 0 Å². The maximum absolute atomic E-state index is 6.27. The molecule has 0 saturated carbocycles. The first kappa shape index (κ1) is 14.9. The molecule has 0 fully saturated rings. The molecule has 1 heterocycles. The van der Waals surface area contributed by atoms with Crippen LogP contribution >= 0.6 is 34.7 Å². The Balaban J connectivity index is 2.06. The Morgan fingerprint density at radius 3 is 2.53 bits per heavy atom. The van der Waals surface area contributed by atoms with Gasteiger partial charge in [0, 0.05) is 16.7 Å². The van der Waals surface area contributed by atoms with Crippen molar-refractivity contribution in [3.8, 4) is 0 Å². The van der Waals surface area contributed by atoms with Crippen LogP contribution in [-0.4, -0.2) is 6.04 Å². The summed E-state index contributed by atoms with van der Waals surface area (Å²) in [7, 11) is 0. The molecule has 102 valence electrons. The zero-order valence-electron chi connectivity index (χ0n) is 10.9. The van der Waals surface area contributed by atoms with Crippen molar-refractivity contribution in [1.82, 2.24) is 0 Å². The molecule has 1 nitrogen and oxygen atoms in total. The third-order valence-electron chi connectivity index (χ3n) is 3.01. The predicted octanol–water partition coefficient (Wildman–Crippen LogP) is 5.11. The highest BCUT2D eigenvalue weighted by molar-refractivity contribution is 7.98. The van der Waals surface area contributed by atoms with E-state index in [1.807, 2.05) is 23.9 Å². The standard InChI is InChI=1S/C15H18ClNS2/c1-2-12(17)15(13-8-9-14(16)19-13)18-10-11-6-4-3-5-7-11/h3-9,12,15H,2,10,17H2,1H3. The van der Waals surface area contributed by atoms with Crippen molar-refractivity contribution in [2.24, 2.45) is 5.73 Å². The summed E-state index contributed by atoms with van der Waals surface area (Å²) in [6.45, 7) is 2.13. The van der Waals surface area contributed by atoms with Gasteiger partial charge in [-0.3, -0.25) is 0 Å². The summed E-state index contributed by atoms with van der Waals surface area (Å²) < 4.78 is 0.837. The first-order chi connectivity index (χ1) is 9.20. The van der Waals surface area contributed by atoms with Crippen molar-refractivity contribution >= 4 is 34.7 Å². The van der Waals surface area contributed by atoms with Crippen LogP contribution in [0.25, 0.3) is 0 Å². The summed E-state index contributed by atoms with van der Waals surface area (Å²) in [5.41, 5.74) is 7.60. The average molecular weight is 312 g/mol. The molecular formula is C15H18ClNS2. The molecule has 0 radical (unpaired) electrons. The minimum Gasteiger partial charge on any atom is -0.326 e. The molecule has 2 unspecified atom stereocenters. The van der Waals surface area contributed by atoms with Gasteiger partial charge >= 0.3 is 0 Å². The number of nitrogens with two attached hydrogens (primary N) is 1. The van der Waals surface area contributed by atoms with Gasteiger partial charge in [0.1, 0.15) is 0 Å². The SMILES string of the molecule is CCC(N)C(SCc1ccccc1)c1ccc(Cl)s1. The monoisotopic (exact) mass is 311 g/mol. The van der Waals surface area contributed by atoms with E-state index in [0.717, 1.165) is 16.5 Å². The maximum atomic E-state index is 6.27. The molecule has 0 amide bonds. The van der Waals surface area contributed by atoms with E-state index in [4.69, 9.17) is 17.3 Å². The van der Waals surface area contributed by atoms with Crippen LogP contribution in [0.1, 0.15) is 29.0 Å². The van der Waals surface area contributed by atoms with Crippen molar-refractivity contribution < 1.29 is 0 Å². The zero-order valence-corrected chi connectivity index (χ0v) is 13.3. The van der Waals surface area contributed by atoms with Gasteiger partial charge in [-0.2, -0.15) is 0 Å². The molecular weight excluding hydrogens is 294 g/mol. The number of halogens is 1. The van der Waals surface area contributed by atoms with E-state index in [-0.39, 0.29) is 6.04 Å². The molecule has 0 aliphatic rings. The predicted molar refractivity (Wildman–Crippen MR) is 88.1 cm³/mol. The minimum atomic E-state index is 0.170. The maximum Gasteiger partial charge on any atom is 0.0931 e. The third-order valence-corrected chi connectivity index (χ3v) is 5.93. The summed E-state index contributed by atoms with van der Waals surface area (Å²) in [5.74, 6) is 0.981. The Morgan fingerprint density at radius 2 is 1.95 bits per heavy atom. The lowest BCUT2D eigenvalue weighted by atomic mass is 10.1. The van der Waals surface area contributed by atoms with Crippen molar-refractivity contribution in [3.05, 3.63) is 57.2 Å². The van der Waals surface area contributed by atoms with Gasteiger partial charge < -0.3 is 5.73 Å². The van der Waals surface area contributed by atoms with Crippen LogP contribution in [0.2, 0.25) is 4.34 Å². The lowest BCUT2D eigenvalue weighted by Crippen LogP contribution is -2.25. The molecule has 0 aliphatic heterocycles. The highest BCUT2D eigenvalue weighted by Gasteiger charge is 2.20. The van der Waals surface area contributed by atoms with Gasteiger partial charge in [-0.05, 0) is 24.1 Å². The van der Waals surface area contributed by atoms with E-state index in [0.29, 0.717) is 5.25 Å². The summed E-state index contributed by atoms with van der Waals surface area (Å²) >= 11 is 9.58. The second-order valence-electron chi connectivity index (χ2n) is 4.43. The van der Waals surface area contributed by atoms with Crippen LogP contribution in [0.3, 0.4) is 0 Å². The average Bonchev–Trinajstić information content (AvgIpc) is 2.86. The Kier molecular flexibility index (Phi) is 5.76. The third kappa shape index (κ3) is 4.25. The molecule has 0 saturated heterocycles. The molecule has 0 bridgehead atoms. The lowest BCUT2D eigenvalue weighted by molar-refractivity contribution is 0.640. The molecule has 2 atom stereocenters. The summed E-state index contributed by atoms with van der Waals surface area (Å²) in [6, 6.07) is 14.7. The number of benzene rings is 1. The fourth-order valence-electron chi connectivity index (χ4n) is 1.87. The van der Waals surface area contributed by atoms with Gasteiger partial charge in [-0.15, -0.1) is 23.1 Å². The highest BCUT2D eigenvalue weighted by Crippen LogP contribution is 2.39. The van der Waals surface area contributed by atoms with E-state index in [2.05, 4.69) is 37.3 Å². The van der Waals surface area contributed by atoms with Crippen LogP contribution < -0.4 is 5.73 Å². The quantitative estimate of drug-likeness (QED) is 0.802. The van der Waals surface area contributed by atoms with Crippen LogP contribution in [0.4, 0.5) is 0 Å². The van der Waals surface area contributed by atoms with E-state index in [1.165, 1.54) is 10.4 Å². The summed E-state index contributed by atoms with van der Waals surface area (Å²) in [5, 5.41) is 0.322. The second-order valence-corrected chi connectivity index (χ2v) is 7.31. The number of hydrogen-bond donors (Lipinski definition) is 1. The first-order valence-electron chi connectivity index (χ1n) is 6.37. The molecule has 2 rings (SSSR count). The topological polar surface area (TPSA) is 26.0 Å². The first-order valence-corrected chi connectivity index (χ1v) is 8.61. The number of thiophene rings is 1. The summed E-state index contributed by atoms with van der Waals surface area (Å²) in [4.78, 5) is 1.28. The number of rotatable bonds is 6. The Morgan fingerprint density at radius 1 is 1.21 bits per heavy atom. The second kappa shape index (κ2) is 7.34. The van der Waals surface area contributed by atoms with Crippen molar-refractivity contribution in [3.63, 3.8) is 0 Å². The van der Waals surface area contributed by atoms with E-state index < -0.39 is 0 Å². The fourth-order valence-corrected chi connectivity index (χ4v) is 4.59. The van der Waals surface area contributed by atoms with Gasteiger partial charge in [0.15, 0.2) is 0 Å². The minimum absolute atomic E-state index is 0.170. The Hall–Kier alpha value is -0.480. The van der Waals surface area contributed by atoms with Crippen LogP contribution in [0.15, 0.2) is 42.5 Å². The molecule has 0 spiro atoms. The zero-order chi connectivity index (χ0) is 13.7. The Labute approximate surface area is 128 Å². The smallest absolute Gasteiger partial charge is 0.0931 e. The molecule has 2 aromatic rings. The largest absolute Gasteiger partial charge is 0.326 e. The van der Waals surface area contributed by atoms with E-state index in [1.54, 1.807) is 11.3 Å². The van der Waals surface area contributed by atoms with Crippen LogP contribution in [-0.2, 0) is 5.75 Å². The molecule has 4 heteroatoms. The normalized spacial score (nSPS) is 14.3. The molecule has 19 heavy (non-hydrogen) atoms. The van der Waals surface area contributed by atoms with Crippen LogP contribution in [0.5, 0.6) is 0 Å². The van der Waals surface area contributed by atoms with Crippen LogP contribution in [0, 0.1) is 0 Å². The number of thioether (sulfide) groups is 1. The fraction of sp³-hybridized carbons (Fsp3) is 0.333. The Bertz CT molecular complexity index is 498. The van der Waals surface area contributed by atoms with E-state index >= 15 is 0 Å².